The molecule has 0 saturated carbocycles. The van der Waals surface area contributed by atoms with Crippen LogP contribution in [0.3, 0.4) is 0 Å². The molecule has 4 heterocycles. The molecule has 0 bridgehead atoms. The molecule has 0 aliphatic carbocycles. The average molecular weight is 408 g/mol. The highest BCUT2D eigenvalue weighted by Gasteiger charge is 2.28. The Balaban J connectivity index is 1.49. The third-order valence-corrected chi connectivity index (χ3v) is 6.35. The van der Waals surface area contributed by atoms with E-state index in [1.54, 1.807) is 0 Å². The van der Waals surface area contributed by atoms with E-state index >= 15 is 0 Å². The fourth-order valence-corrected chi connectivity index (χ4v) is 4.52. The lowest BCUT2D eigenvalue weighted by molar-refractivity contribution is 0.122. The maximum atomic E-state index is 10.0. The minimum atomic E-state index is -0.302. The predicted octanol–water partition coefficient (Wildman–Crippen LogP) is 1.05. The summed E-state index contributed by atoms with van der Waals surface area (Å²) in [6, 6.07) is 10.7. The molecule has 2 saturated heterocycles. The highest BCUT2D eigenvalue weighted by molar-refractivity contribution is 5.65. The van der Waals surface area contributed by atoms with Gasteiger partial charge >= 0.3 is 0 Å². The zero-order chi connectivity index (χ0) is 20.5. The molecule has 1 aromatic carbocycles. The summed E-state index contributed by atoms with van der Waals surface area (Å²) in [7, 11) is 0. The van der Waals surface area contributed by atoms with Crippen LogP contribution in [0.4, 0.5) is 11.5 Å². The van der Waals surface area contributed by atoms with Crippen LogP contribution < -0.4 is 20.5 Å². The normalized spacial score (nSPS) is 22.3. The minimum absolute atomic E-state index is 0.277. The van der Waals surface area contributed by atoms with E-state index in [1.165, 1.54) is 5.69 Å². The van der Waals surface area contributed by atoms with Crippen LogP contribution in [0, 0.1) is 5.92 Å². The van der Waals surface area contributed by atoms with E-state index in [4.69, 9.17) is 19.7 Å². The van der Waals surface area contributed by atoms with Crippen molar-refractivity contribution in [2.75, 3.05) is 62.3 Å². The van der Waals surface area contributed by atoms with Gasteiger partial charge in [-0.2, -0.15) is 0 Å². The first kappa shape index (κ1) is 19.5. The van der Waals surface area contributed by atoms with Crippen LogP contribution >= 0.6 is 0 Å². The highest BCUT2D eigenvalue weighted by Crippen LogP contribution is 2.26. The standard InChI is InChI=1S/C23H29N5O2/c1-16(29)18-6-9-28(15-18)23-22-21(24-7-8-25-22)14-20(26-23)17-2-4-19(5-3-17)27-10-12-30-13-11-27/h2-5,14,16,18,29H,6-13,15H2,1H3/t16?,18-/m0/s1. The van der Waals surface area contributed by atoms with E-state index in [0.717, 1.165) is 80.1 Å². The number of fused-ring (bicyclic) bond motifs is 1. The highest BCUT2D eigenvalue weighted by atomic mass is 16.5. The summed E-state index contributed by atoms with van der Waals surface area (Å²) < 4.78 is 5.46. The minimum Gasteiger partial charge on any atom is -0.393 e. The number of aliphatic hydroxyl groups excluding tert-OH is 1. The second-order valence-electron chi connectivity index (χ2n) is 8.34. The molecule has 1 aromatic heterocycles. The lowest BCUT2D eigenvalue weighted by Gasteiger charge is -2.29. The first-order valence-electron chi connectivity index (χ1n) is 11.0. The second kappa shape index (κ2) is 8.32. The van der Waals surface area contributed by atoms with Gasteiger partial charge in [-0.05, 0) is 31.5 Å². The Hall–Kier alpha value is -2.51. The van der Waals surface area contributed by atoms with Gasteiger partial charge in [-0.25, -0.2) is 4.98 Å². The zero-order valence-corrected chi connectivity index (χ0v) is 17.5. The molecule has 158 valence electrons. The molecule has 2 fully saturated rings. The molecule has 7 heteroatoms. The topological polar surface area (TPSA) is 73.5 Å². The Morgan fingerprint density at radius 2 is 1.80 bits per heavy atom. The first-order chi connectivity index (χ1) is 14.7. The lowest BCUT2D eigenvalue weighted by Crippen LogP contribution is -2.38. The number of morpholine rings is 1. The maximum Gasteiger partial charge on any atom is 0.157 e. The van der Waals surface area contributed by atoms with Crippen molar-refractivity contribution >= 4 is 11.5 Å². The van der Waals surface area contributed by atoms with Gasteiger partial charge in [0, 0.05) is 43.3 Å². The molecule has 3 aliphatic heterocycles. The van der Waals surface area contributed by atoms with Crippen LogP contribution in [0.25, 0.3) is 11.3 Å². The third kappa shape index (κ3) is 3.79. The SMILES string of the molecule is CC(O)[C@H]1CCN(c2nc(-c3ccc(N4CCOCC4)cc3)cc3c2=NCCN=3)C1. The second-order valence-corrected chi connectivity index (χ2v) is 8.34. The molecule has 1 N–H and O–H groups in total. The number of ether oxygens (including phenoxy) is 1. The van der Waals surface area contributed by atoms with E-state index in [9.17, 15) is 5.11 Å². The quantitative estimate of drug-likeness (QED) is 0.820. The number of hydrogen-bond donors (Lipinski definition) is 1. The van der Waals surface area contributed by atoms with Gasteiger partial charge in [0.25, 0.3) is 0 Å². The van der Waals surface area contributed by atoms with Crippen LogP contribution in [0.1, 0.15) is 13.3 Å². The molecule has 1 unspecified atom stereocenters. The van der Waals surface area contributed by atoms with Gasteiger partial charge in [0.05, 0.1) is 43.5 Å². The predicted molar refractivity (Wildman–Crippen MR) is 117 cm³/mol. The van der Waals surface area contributed by atoms with E-state index in [0.29, 0.717) is 6.54 Å². The van der Waals surface area contributed by atoms with Crippen LogP contribution in [0.5, 0.6) is 0 Å². The van der Waals surface area contributed by atoms with Crippen LogP contribution in [0.2, 0.25) is 0 Å². The van der Waals surface area contributed by atoms with Crippen LogP contribution in [-0.4, -0.2) is 68.7 Å². The molecule has 30 heavy (non-hydrogen) atoms. The largest absolute Gasteiger partial charge is 0.393 e. The smallest absolute Gasteiger partial charge is 0.157 e. The van der Waals surface area contributed by atoms with Crippen molar-refractivity contribution < 1.29 is 9.84 Å². The van der Waals surface area contributed by atoms with Gasteiger partial charge in [0.15, 0.2) is 5.82 Å². The van der Waals surface area contributed by atoms with E-state index in [1.807, 2.05) is 6.92 Å². The molecule has 3 aliphatic rings. The van der Waals surface area contributed by atoms with Gasteiger partial charge < -0.3 is 19.6 Å². The van der Waals surface area contributed by atoms with Gasteiger partial charge in [-0.1, -0.05) is 12.1 Å². The molecule has 0 radical (unpaired) electrons. The van der Waals surface area contributed by atoms with Crippen LogP contribution in [-0.2, 0) is 4.74 Å². The van der Waals surface area contributed by atoms with E-state index in [-0.39, 0.29) is 12.0 Å². The summed E-state index contributed by atoms with van der Waals surface area (Å²) in [5.74, 6) is 1.19. The van der Waals surface area contributed by atoms with Crippen molar-refractivity contribution in [3.8, 4) is 11.3 Å². The van der Waals surface area contributed by atoms with Gasteiger partial charge in [-0.15, -0.1) is 0 Å². The number of aliphatic hydroxyl groups is 1. The van der Waals surface area contributed by atoms with Crippen molar-refractivity contribution in [2.45, 2.75) is 19.4 Å². The Morgan fingerprint density at radius 1 is 1.03 bits per heavy atom. The van der Waals surface area contributed by atoms with E-state index in [2.05, 4.69) is 40.1 Å². The van der Waals surface area contributed by atoms with E-state index < -0.39 is 0 Å². The number of pyridine rings is 1. The Bertz CT molecular complexity index is 1020. The summed E-state index contributed by atoms with van der Waals surface area (Å²) in [4.78, 5) is 19.1. The zero-order valence-electron chi connectivity index (χ0n) is 17.5. The van der Waals surface area contributed by atoms with Gasteiger partial charge in [0.2, 0.25) is 0 Å². The average Bonchev–Trinajstić information content (AvgIpc) is 3.30. The fourth-order valence-electron chi connectivity index (χ4n) is 4.52. The van der Waals surface area contributed by atoms with Crippen molar-refractivity contribution in [1.29, 1.82) is 0 Å². The molecular formula is C23H29N5O2. The molecule has 0 spiro atoms. The van der Waals surface area contributed by atoms with Crippen LogP contribution in [0.15, 0.2) is 40.3 Å². The lowest BCUT2D eigenvalue weighted by atomic mass is 10.0. The van der Waals surface area contributed by atoms with Crippen molar-refractivity contribution in [1.82, 2.24) is 4.98 Å². The summed E-state index contributed by atoms with van der Waals surface area (Å²) in [5, 5.41) is 11.9. The fraction of sp³-hybridized carbons (Fsp3) is 0.522. The van der Waals surface area contributed by atoms with Crippen molar-refractivity contribution in [2.24, 2.45) is 15.9 Å². The summed E-state index contributed by atoms with van der Waals surface area (Å²) in [6.07, 6.45) is 0.673. The Morgan fingerprint density at radius 3 is 2.53 bits per heavy atom. The molecule has 7 nitrogen and oxygen atoms in total. The van der Waals surface area contributed by atoms with Crippen molar-refractivity contribution in [3.05, 3.63) is 41.0 Å². The number of aromatic nitrogens is 1. The summed E-state index contributed by atoms with van der Waals surface area (Å²) in [5.41, 5.74) is 3.24. The number of anilines is 2. The summed E-state index contributed by atoms with van der Waals surface area (Å²) in [6.45, 7) is 8.45. The third-order valence-electron chi connectivity index (χ3n) is 6.35. The molecule has 0 amide bonds. The number of benzene rings is 1. The molecular weight excluding hydrogens is 378 g/mol. The molecule has 2 atom stereocenters. The first-order valence-corrected chi connectivity index (χ1v) is 11.0. The van der Waals surface area contributed by atoms with Gasteiger partial charge in [-0.3, -0.25) is 9.98 Å². The van der Waals surface area contributed by atoms with Crippen molar-refractivity contribution in [3.63, 3.8) is 0 Å². The number of rotatable bonds is 4. The Kier molecular flexibility index (Phi) is 5.39. The maximum absolute atomic E-state index is 10.0. The Labute approximate surface area is 176 Å². The van der Waals surface area contributed by atoms with Gasteiger partial charge in [0.1, 0.15) is 5.36 Å². The molecule has 2 aromatic rings. The number of hydrogen-bond acceptors (Lipinski definition) is 7. The monoisotopic (exact) mass is 407 g/mol. The number of nitrogens with zero attached hydrogens (tertiary/aromatic N) is 5. The summed E-state index contributed by atoms with van der Waals surface area (Å²) >= 11 is 0. The molecule has 5 rings (SSSR count).